The van der Waals surface area contributed by atoms with Crippen molar-refractivity contribution in [2.75, 3.05) is 0 Å². The molecular formula is C42H28N4S. The monoisotopic (exact) mass is 620 g/mol. The van der Waals surface area contributed by atoms with Crippen LogP contribution in [0.15, 0.2) is 161 Å². The summed E-state index contributed by atoms with van der Waals surface area (Å²) in [6.45, 7) is 4.23. The van der Waals surface area contributed by atoms with Gasteiger partial charge in [-0.05, 0) is 28.9 Å². The zero-order valence-corrected chi connectivity index (χ0v) is 26.3. The molecular weight excluding hydrogens is 593 g/mol. The van der Waals surface area contributed by atoms with E-state index in [1.54, 1.807) is 0 Å². The summed E-state index contributed by atoms with van der Waals surface area (Å²) in [5.74, 6) is 1.15. The molecule has 2 aromatic heterocycles. The Morgan fingerprint density at radius 3 is 1.85 bits per heavy atom. The van der Waals surface area contributed by atoms with E-state index in [0.717, 1.165) is 11.1 Å². The zero-order valence-electron chi connectivity index (χ0n) is 25.5. The van der Waals surface area contributed by atoms with Gasteiger partial charge in [0, 0.05) is 42.8 Å². The molecule has 0 aliphatic rings. The molecule has 0 bridgehead atoms. The highest BCUT2D eigenvalue weighted by Crippen LogP contribution is 2.47. The first-order valence-corrected chi connectivity index (χ1v) is 16.5. The van der Waals surface area contributed by atoms with E-state index in [4.69, 9.17) is 9.98 Å². The summed E-state index contributed by atoms with van der Waals surface area (Å²) < 4.78 is 4.97. The van der Waals surface area contributed by atoms with E-state index < -0.39 is 0 Å². The second kappa shape index (κ2) is 11.2. The van der Waals surface area contributed by atoms with Crippen LogP contribution < -0.4 is 0 Å². The number of aromatic nitrogens is 1. The number of nitrogens with zero attached hydrogens (tertiary/aromatic N) is 4. The predicted molar refractivity (Wildman–Crippen MR) is 203 cm³/mol. The summed E-state index contributed by atoms with van der Waals surface area (Å²) >= 11 is 1.86. The Labute approximate surface area is 275 Å². The number of amidine groups is 2. The maximum atomic E-state index is 5.31. The maximum absolute atomic E-state index is 5.31. The standard InChI is InChI=1S/C42H28N4S/c1-43-41(28-15-4-2-5-16-28)45-42(29-17-6-3-7-18-29)44-26-46-38-30-19-9-8-14-27(30)24-25-34(38)36-31-20-10-11-21-32(31)37-33-22-12-13-23-35(33)47-40(37)39(36)46/h2-25H,1,26H2/b44-42-,45-41?. The quantitative estimate of drug-likeness (QED) is 0.139. The first kappa shape index (κ1) is 27.4. The van der Waals surface area contributed by atoms with Gasteiger partial charge in [0.1, 0.15) is 6.67 Å². The lowest BCUT2D eigenvalue weighted by molar-refractivity contribution is 0.796. The molecule has 9 rings (SSSR count). The van der Waals surface area contributed by atoms with Gasteiger partial charge in [0.2, 0.25) is 0 Å². The predicted octanol–water partition coefficient (Wildman–Crippen LogP) is 11.0. The number of hydrogen-bond acceptors (Lipinski definition) is 2. The minimum atomic E-state index is 0.378. The fourth-order valence-electron chi connectivity index (χ4n) is 6.97. The van der Waals surface area contributed by atoms with E-state index in [9.17, 15) is 0 Å². The molecule has 0 aliphatic heterocycles. The summed E-state index contributed by atoms with van der Waals surface area (Å²) in [7, 11) is 0. The van der Waals surface area contributed by atoms with Crippen LogP contribution >= 0.6 is 11.3 Å². The van der Waals surface area contributed by atoms with Crippen molar-refractivity contribution in [3.8, 4) is 0 Å². The Kier molecular flexibility index (Phi) is 6.51. The van der Waals surface area contributed by atoms with Crippen LogP contribution in [0, 0.1) is 0 Å². The third-order valence-corrected chi connectivity index (χ3v) is 10.2. The van der Waals surface area contributed by atoms with Crippen LogP contribution in [0.4, 0.5) is 0 Å². The molecule has 0 atom stereocenters. The molecule has 0 N–H and O–H groups in total. The largest absolute Gasteiger partial charge is 0.318 e. The summed E-state index contributed by atoms with van der Waals surface area (Å²) in [4.78, 5) is 14.7. The number of thiophene rings is 1. The van der Waals surface area contributed by atoms with Crippen LogP contribution in [0.2, 0.25) is 0 Å². The molecule has 4 nitrogen and oxygen atoms in total. The maximum Gasteiger partial charge on any atom is 0.161 e. The lowest BCUT2D eigenvalue weighted by Gasteiger charge is -2.10. The van der Waals surface area contributed by atoms with Crippen molar-refractivity contribution in [2.45, 2.75) is 6.67 Å². The summed E-state index contributed by atoms with van der Waals surface area (Å²) in [6, 6.07) is 50.9. The summed E-state index contributed by atoms with van der Waals surface area (Å²) in [5.41, 5.74) is 4.20. The van der Waals surface area contributed by atoms with Gasteiger partial charge in [-0.25, -0.2) is 15.0 Å². The van der Waals surface area contributed by atoms with Crippen LogP contribution in [0.1, 0.15) is 11.1 Å². The molecule has 47 heavy (non-hydrogen) atoms. The number of rotatable bonds is 4. The number of benzene rings is 7. The topological polar surface area (TPSA) is 42.0 Å². The summed E-state index contributed by atoms with van der Waals surface area (Å²) in [5, 5.41) is 10.0. The lowest BCUT2D eigenvalue weighted by Crippen LogP contribution is -2.07. The summed E-state index contributed by atoms with van der Waals surface area (Å²) in [6.07, 6.45) is 0. The molecule has 9 aromatic rings. The van der Waals surface area contributed by atoms with Crippen molar-refractivity contribution in [1.82, 2.24) is 4.57 Å². The molecule has 222 valence electrons. The molecule has 0 saturated carbocycles. The van der Waals surface area contributed by atoms with Crippen molar-refractivity contribution in [2.24, 2.45) is 15.0 Å². The highest BCUT2D eigenvalue weighted by atomic mass is 32.1. The van der Waals surface area contributed by atoms with E-state index >= 15 is 0 Å². The zero-order chi connectivity index (χ0) is 31.3. The van der Waals surface area contributed by atoms with Gasteiger partial charge in [-0.3, -0.25) is 0 Å². The van der Waals surface area contributed by atoms with Crippen LogP contribution in [0.25, 0.3) is 63.5 Å². The SMILES string of the molecule is C=NC(=N/C(=N\Cn1c2c3ccccc3ccc2c2c3ccccc3c3c4ccccc4sc3c21)c1ccccc1)c1ccccc1. The van der Waals surface area contributed by atoms with E-state index in [0.29, 0.717) is 18.3 Å². The number of aliphatic imine (C=N–C) groups is 3. The fourth-order valence-corrected chi connectivity index (χ4v) is 8.24. The number of fused-ring (bicyclic) bond motifs is 12. The highest BCUT2D eigenvalue weighted by Gasteiger charge is 2.22. The van der Waals surface area contributed by atoms with Gasteiger partial charge < -0.3 is 4.57 Å². The molecule has 0 spiro atoms. The van der Waals surface area contributed by atoms with E-state index in [2.05, 4.69) is 101 Å². The normalized spacial score (nSPS) is 12.7. The molecule has 0 unspecified atom stereocenters. The van der Waals surface area contributed by atoms with Gasteiger partial charge in [0.25, 0.3) is 0 Å². The first-order chi connectivity index (χ1) is 23.3. The van der Waals surface area contributed by atoms with Crippen molar-refractivity contribution >= 4 is 93.2 Å². The van der Waals surface area contributed by atoms with Gasteiger partial charge in [0.15, 0.2) is 11.7 Å². The van der Waals surface area contributed by atoms with E-state index in [1.165, 1.54) is 63.5 Å². The molecule has 5 heteroatoms. The Hall–Kier alpha value is -5.91. The van der Waals surface area contributed by atoms with Crippen LogP contribution in [-0.2, 0) is 6.67 Å². The second-order valence-electron chi connectivity index (χ2n) is 11.6. The molecule has 0 fully saturated rings. The molecule has 2 heterocycles. The Balaban J connectivity index is 1.41. The van der Waals surface area contributed by atoms with E-state index in [-0.39, 0.29) is 0 Å². The highest BCUT2D eigenvalue weighted by molar-refractivity contribution is 7.27. The van der Waals surface area contributed by atoms with Crippen LogP contribution in [0.3, 0.4) is 0 Å². The van der Waals surface area contributed by atoms with Crippen molar-refractivity contribution in [3.63, 3.8) is 0 Å². The van der Waals surface area contributed by atoms with E-state index in [1.807, 2.05) is 72.0 Å². The lowest BCUT2D eigenvalue weighted by atomic mass is 9.98. The van der Waals surface area contributed by atoms with Crippen LogP contribution in [-0.4, -0.2) is 23.0 Å². The van der Waals surface area contributed by atoms with Gasteiger partial charge >= 0.3 is 0 Å². The minimum Gasteiger partial charge on any atom is -0.318 e. The molecule has 0 aliphatic carbocycles. The Bertz CT molecular complexity index is 2720. The minimum absolute atomic E-state index is 0.378. The first-order valence-electron chi connectivity index (χ1n) is 15.7. The average Bonchev–Trinajstić information content (AvgIpc) is 3.69. The van der Waals surface area contributed by atoms with Crippen molar-refractivity contribution in [3.05, 3.63) is 157 Å². The third-order valence-electron chi connectivity index (χ3n) is 9.01. The van der Waals surface area contributed by atoms with Gasteiger partial charge in [-0.2, -0.15) is 0 Å². The number of hydrogen-bond donors (Lipinski definition) is 0. The fraction of sp³-hybridized carbons (Fsp3) is 0.0238. The average molecular weight is 621 g/mol. The Morgan fingerprint density at radius 2 is 1.13 bits per heavy atom. The van der Waals surface area contributed by atoms with Crippen molar-refractivity contribution < 1.29 is 0 Å². The van der Waals surface area contributed by atoms with Crippen LogP contribution in [0.5, 0.6) is 0 Å². The molecule has 0 radical (unpaired) electrons. The molecule has 0 amide bonds. The molecule has 0 saturated heterocycles. The molecule has 7 aromatic carbocycles. The van der Waals surface area contributed by atoms with Crippen molar-refractivity contribution in [1.29, 1.82) is 0 Å². The van der Waals surface area contributed by atoms with Gasteiger partial charge in [0.05, 0.1) is 15.7 Å². The second-order valence-corrected chi connectivity index (χ2v) is 12.7. The van der Waals surface area contributed by atoms with Gasteiger partial charge in [-0.15, -0.1) is 11.3 Å². The Morgan fingerprint density at radius 1 is 0.532 bits per heavy atom. The third kappa shape index (κ3) is 4.39. The smallest absolute Gasteiger partial charge is 0.161 e. The van der Waals surface area contributed by atoms with Gasteiger partial charge in [-0.1, -0.05) is 140 Å².